The van der Waals surface area contributed by atoms with E-state index in [4.69, 9.17) is 4.43 Å². The standard InChI is InChI=1S/C17H24F2OSi/c1-16(2,3)21(4,5)20-15-11-14(12-17(15,18)19)13-9-7-6-8-10-13/h6-11,14H,12H2,1-5H3. The van der Waals surface area contributed by atoms with Gasteiger partial charge in [-0.25, -0.2) is 0 Å². The molecule has 0 heterocycles. The monoisotopic (exact) mass is 310 g/mol. The van der Waals surface area contributed by atoms with Gasteiger partial charge in [-0.05, 0) is 29.8 Å². The molecule has 0 saturated heterocycles. The summed E-state index contributed by atoms with van der Waals surface area (Å²) in [6, 6.07) is 9.45. The lowest BCUT2D eigenvalue weighted by Crippen LogP contribution is -2.42. The molecule has 0 saturated carbocycles. The molecular formula is C17H24F2OSi. The highest BCUT2D eigenvalue weighted by Gasteiger charge is 2.49. The lowest BCUT2D eigenvalue weighted by atomic mass is 9.98. The van der Waals surface area contributed by atoms with Crippen molar-refractivity contribution in [2.45, 2.75) is 57.2 Å². The zero-order valence-corrected chi connectivity index (χ0v) is 14.4. The highest BCUT2D eigenvalue weighted by atomic mass is 28.4. The van der Waals surface area contributed by atoms with Gasteiger partial charge in [-0.3, -0.25) is 0 Å². The van der Waals surface area contributed by atoms with Crippen molar-refractivity contribution in [2.75, 3.05) is 0 Å². The maximum atomic E-state index is 14.3. The van der Waals surface area contributed by atoms with E-state index in [0.717, 1.165) is 5.56 Å². The molecule has 4 heteroatoms. The summed E-state index contributed by atoms with van der Waals surface area (Å²) in [4.78, 5) is 0. The number of alkyl halides is 2. The third-order valence-corrected chi connectivity index (χ3v) is 8.93. The predicted molar refractivity (Wildman–Crippen MR) is 85.1 cm³/mol. The van der Waals surface area contributed by atoms with Crippen LogP contribution in [0.5, 0.6) is 0 Å². The quantitative estimate of drug-likeness (QED) is 0.649. The zero-order chi connectivity index (χ0) is 15.9. The molecule has 0 aliphatic heterocycles. The van der Waals surface area contributed by atoms with Gasteiger partial charge in [-0.15, -0.1) is 0 Å². The molecule has 1 atom stereocenters. The zero-order valence-electron chi connectivity index (χ0n) is 13.4. The van der Waals surface area contributed by atoms with Gasteiger partial charge in [-0.1, -0.05) is 51.1 Å². The third kappa shape index (κ3) is 3.36. The van der Waals surface area contributed by atoms with E-state index in [2.05, 4.69) is 20.8 Å². The van der Waals surface area contributed by atoms with Gasteiger partial charge in [-0.2, -0.15) is 8.78 Å². The predicted octanol–water partition coefficient (Wildman–Crippen LogP) is 5.71. The first-order valence-electron chi connectivity index (χ1n) is 7.37. The van der Waals surface area contributed by atoms with Crippen LogP contribution in [-0.4, -0.2) is 14.2 Å². The van der Waals surface area contributed by atoms with Crippen LogP contribution in [0.2, 0.25) is 18.1 Å². The van der Waals surface area contributed by atoms with E-state index in [0.29, 0.717) is 0 Å². The van der Waals surface area contributed by atoms with Crippen molar-refractivity contribution < 1.29 is 13.2 Å². The number of allylic oxidation sites excluding steroid dienone is 2. The molecular weight excluding hydrogens is 286 g/mol. The summed E-state index contributed by atoms with van der Waals surface area (Å²) in [6.07, 6.45) is 1.43. The van der Waals surface area contributed by atoms with Crippen LogP contribution in [0.15, 0.2) is 42.2 Å². The normalized spacial score (nSPS) is 22.0. The maximum absolute atomic E-state index is 14.3. The average molecular weight is 310 g/mol. The van der Waals surface area contributed by atoms with Crippen molar-refractivity contribution in [1.82, 2.24) is 0 Å². The van der Waals surface area contributed by atoms with E-state index < -0.39 is 14.2 Å². The molecule has 0 amide bonds. The second-order valence-electron chi connectivity index (χ2n) is 7.32. The highest BCUT2D eigenvalue weighted by Crippen LogP contribution is 2.47. The van der Waals surface area contributed by atoms with Gasteiger partial charge in [0.1, 0.15) is 5.76 Å². The summed E-state index contributed by atoms with van der Waals surface area (Å²) in [6.45, 7) is 10.2. The number of hydrogen-bond acceptors (Lipinski definition) is 1. The molecule has 2 rings (SSSR count). The molecule has 116 valence electrons. The van der Waals surface area contributed by atoms with Crippen LogP contribution in [0.4, 0.5) is 8.78 Å². The van der Waals surface area contributed by atoms with E-state index in [9.17, 15) is 8.78 Å². The maximum Gasteiger partial charge on any atom is 0.303 e. The van der Waals surface area contributed by atoms with Gasteiger partial charge < -0.3 is 4.43 Å². The molecule has 1 unspecified atom stereocenters. The SMILES string of the molecule is CC(C)(C)[Si](C)(C)OC1=CC(c2ccccc2)CC1(F)F. The molecule has 0 bridgehead atoms. The number of benzene rings is 1. The van der Waals surface area contributed by atoms with Gasteiger partial charge in [0.15, 0.2) is 0 Å². The lowest BCUT2D eigenvalue weighted by Gasteiger charge is -2.37. The Hall–Kier alpha value is -1.16. The summed E-state index contributed by atoms with van der Waals surface area (Å²) >= 11 is 0. The van der Waals surface area contributed by atoms with Crippen molar-refractivity contribution in [1.29, 1.82) is 0 Å². The van der Waals surface area contributed by atoms with Crippen molar-refractivity contribution >= 4 is 8.32 Å². The number of hydrogen-bond donors (Lipinski definition) is 0. The molecule has 0 aromatic heterocycles. The van der Waals surface area contributed by atoms with E-state index in [-0.39, 0.29) is 23.1 Å². The van der Waals surface area contributed by atoms with Crippen LogP contribution in [0.25, 0.3) is 0 Å². The largest absolute Gasteiger partial charge is 0.542 e. The molecule has 1 nitrogen and oxygen atoms in total. The second-order valence-corrected chi connectivity index (χ2v) is 12.0. The fraction of sp³-hybridized carbons (Fsp3) is 0.529. The Kier molecular flexibility index (Phi) is 4.04. The van der Waals surface area contributed by atoms with Gasteiger partial charge in [0.2, 0.25) is 8.32 Å². The first-order chi connectivity index (χ1) is 9.53. The van der Waals surface area contributed by atoms with E-state index >= 15 is 0 Å². The minimum atomic E-state index is -2.87. The van der Waals surface area contributed by atoms with Gasteiger partial charge in [0.05, 0.1) is 0 Å². The summed E-state index contributed by atoms with van der Waals surface area (Å²) < 4.78 is 34.5. The first-order valence-corrected chi connectivity index (χ1v) is 10.3. The lowest BCUT2D eigenvalue weighted by molar-refractivity contribution is 0.00444. The summed E-state index contributed by atoms with van der Waals surface area (Å²) in [5.41, 5.74) is 0.922. The summed E-state index contributed by atoms with van der Waals surface area (Å²) in [5.74, 6) is -3.25. The third-order valence-electron chi connectivity index (χ3n) is 4.59. The van der Waals surface area contributed by atoms with Crippen LogP contribution in [-0.2, 0) is 4.43 Å². The molecule has 0 fully saturated rings. The van der Waals surface area contributed by atoms with Gasteiger partial charge in [0, 0.05) is 12.3 Å². The van der Waals surface area contributed by atoms with Crippen LogP contribution < -0.4 is 0 Å². The highest BCUT2D eigenvalue weighted by molar-refractivity contribution is 6.74. The Morgan fingerprint density at radius 1 is 1.14 bits per heavy atom. The first kappa shape index (κ1) is 16.2. The van der Waals surface area contributed by atoms with Crippen molar-refractivity contribution in [3.05, 3.63) is 47.7 Å². The molecule has 0 spiro atoms. The molecule has 0 radical (unpaired) electrons. The number of halogens is 2. The van der Waals surface area contributed by atoms with Crippen molar-refractivity contribution in [2.24, 2.45) is 0 Å². The summed E-state index contributed by atoms with van der Waals surface area (Å²) in [5, 5.41) is -0.0885. The Morgan fingerprint density at radius 2 is 1.71 bits per heavy atom. The Labute approximate surface area is 127 Å². The summed E-state index contributed by atoms with van der Waals surface area (Å²) in [7, 11) is -2.24. The fourth-order valence-electron chi connectivity index (χ4n) is 2.19. The van der Waals surface area contributed by atoms with Gasteiger partial charge in [0.25, 0.3) is 0 Å². The second kappa shape index (κ2) is 5.23. The van der Waals surface area contributed by atoms with Crippen molar-refractivity contribution in [3.8, 4) is 0 Å². The van der Waals surface area contributed by atoms with Gasteiger partial charge >= 0.3 is 5.92 Å². The Bertz CT molecular complexity index is 529. The smallest absolute Gasteiger partial charge is 0.303 e. The molecule has 1 aliphatic carbocycles. The van der Waals surface area contributed by atoms with Crippen LogP contribution in [0, 0.1) is 0 Å². The van der Waals surface area contributed by atoms with E-state index in [1.807, 2.05) is 43.4 Å². The van der Waals surface area contributed by atoms with Crippen molar-refractivity contribution in [3.63, 3.8) is 0 Å². The molecule has 1 aromatic carbocycles. The minimum Gasteiger partial charge on any atom is -0.542 e. The minimum absolute atomic E-state index is 0.0885. The molecule has 21 heavy (non-hydrogen) atoms. The topological polar surface area (TPSA) is 9.23 Å². The average Bonchev–Trinajstić information content (AvgIpc) is 2.64. The number of rotatable bonds is 3. The Morgan fingerprint density at radius 3 is 2.24 bits per heavy atom. The van der Waals surface area contributed by atoms with E-state index in [1.54, 1.807) is 6.08 Å². The van der Waals surface area contributed by atoms with Crippen LogP contribution >= 0.6 is 0 Å². The Balaban J connectivity index is 2.26. The molecule has 1 aromatic rings. The molecule has 0 N–H and O–H groups in total. The van der Waals surface area contributed by atoms with E-state index in [1.165, 1.54) is 0 Å². The molecule has 1 aliphatic rings. The van der Waals surface area contributed by atoms with Crippen LogP contribution in [0.3, 0.4) is 0 Å². The fourth-order valence-corrected chi connectivity index (χ4v) is 3.26. The van der Waals surface area contributed by atoms with Crippen LogP contribution in [0.1, 0.15) is 38.7 Å².